The minimum absolute atomic E-state index is 0.0282. The summed E-state index contributed by atoms with van der Waals surface area (Å²) < 4.78 is 62.5. The number of hydrogen-bond acceptors (Lipinski definition) is 12. The van der Waals surface area contributed by atoms with Crippen molar-refractivity contribution in [2.24, 2.45) is 11.8 Å². The van der Waals surface area contributed by atoms with Crippen molar-refractivity contribution in [3.8, 4) is 51.0 Å². The van der Waals surface area contributed by atoms with Gasteiger partial charge in [-0.15, -0.1) is 11.3 Å². The molecular weight excluding hydrogens is 929 g/mol. The number of likely N-dealkylation sites (tertiary alicyclic amines) is 2. The zero-order valence-corrected chi connectivity index (χ0v) is 40.2. The van der Waals surface area contributed by atoms with Crippen molar-refractivity contribution in [1.82, 2.24) is 44.9 Å². The summed E-state index contributed by atoms with van der Waals surface area (Å²) in [5, 5.41) is 7.90. The summed E-state index contributed by atoms with van der Waals surface area (Å²) in [6.45, 7) is 8.37. The predicted molar refractivity (Wildman–Crippen MR) is 253 cm³/mol. The zero-order valence-electron chi connectivity index (χ0n) is 39.3. The average molecular weight is 982 g/mol. The van der Waals surface area contributed by atoms with Crippen LogP contribution in [-0.2, 0) is 19.1 Å². The van der Waals surface area contributed by atoms with Gasteiger partial charge in [0, 0.05) is 34.9 Å². The number of halogens is 2. The quantitative estimate of drug-likeness (QED) is 0.0977. The second kappa shape index (κ2) is 18.6. The topological polar surface area (TPSA) is 207 Å². The fraction of sp³-hybridized carbons (Fsp3) is 0.429. The van der Waals surface area contributed by atoms with Gasteiger partial charge in [0.1, 0.15) is 59.6 Å². The van der Waals surface area contributed by atoms with E-state index in [0.29, 0.717) is 77.7 Å². The Labute approximate surface area is 405 Å². The molecule has 6 atom stereocenters. The van der Waals surface area contributed by atoms with E-state index in [1.54, 1.807) is 37.2 Å². The van der Waals surface area contributed by atoms with Crippen molar-refractivity contribution in [3.05, 3.63) is 76.5 Å². The number of benzene rings is 2. The number of imidazole rings is 2. The minimum atomic E-state index is -1.29. The van der Waals surface area contributed by atoms with Gasteiger partial charge in [0.2, 0.25) is 18.0 Å². The molecule has 4 aliphatic heterocycles. The van der Waals surface area contributed by atoms with Gasteiger partial charge in [0.05, 0.1) is 73.4 Å². The molecule has 2 fully saturated rings. The van der Waals surface area contributed by atoms with Crippen LogP contribution in [0.5, 0.6) is 17.2 Å². The van der Waals surface area contributed by atoms with E-state index < -0.39 is 60.5 Å². The number of nitrogens with one attached hydrogen (secondary N) is 4. The van der Waals surface area contributed by atoms with Crippen LogP contribution in [0.25, 0.3) is 44.7 Å². The first-order chi connectivity index (χ1) is 33.7. The molecule has 18 nitrogen and oxygen atoms in total. The molecule has 368 valence electrons. The largest absolute Gasteiger partial charge is 0.485 e. The van der Waals surface area contributed by atoms with Crippen molar-refractivity contribution >= 4 is 46.2 Å². The molecule has 0 spiro atoms. The van der Waals surface area contributed by atoms with Gasteiger partial charge in [-0.25, -0.2) is 28.3 Å². The number of carbonyl (C=O) groups excluding carboxylic acids is 4. The molecule has 70 heavy (non-hydrogen) atoms. The third-order valence-electron chi connectivity index (χ3n) is 13.5. The van der Waals surface area contributed by atoms with E-state index in [9.17, 15) is 19.2 Å². The maximum atomic E-state index is 17.0. The molecule has 8 heterocycles. The first kappa shape index (κ1) is 46.6. The number of H-pyrrole nitrogens is 2. The van der Waals surface area contributed by atoms with Crippen LogP contribution in [0.15, 0.2) is 54.2 Å². The Bertz CT molecular complexity index is 3000. The molecule has 0 saturated carbocycles. The Balaban J connectivity index is 0.982. The third kappa shape index (κ3) is 8.32. The van der Waals surface area contributed by atoms with E-state index in [1.807, 2.05) is 48.1 Å². The fourth-order valence-electron chi connectivity index (χ4n) is 9.99. The van der Waals surface area contributed by atoms with E-state index >= 15 is 8.78 Å². The number of aromatic nitrogens is 5. The normalized spacial score (nSPS) is 20.3. The highest BCUT2D eigenvalue weighted by atomic mass is 32.1. The number of alkyl carbamates (subject to hydrolysis) is 2. The van der Waals surface area contributed by atoms with Crippen LogP contribution in [0.2, 0.25) is 0 Å². The number of alkyl halides is 1. The monoisotopic (exact) mass is 981 g/mol. The van der Waals surface area contributed by atoms with Crippen molar-refractivity contribution < 1.29 is 51.6 Å². The number of fused-ring (bicyclic) bond motifs is 6. The van der Waals surface area contributed by atoms with Crippen LogP contribution in [0.4, 0.5) is 18.4 Å². The number of amides is 4. The van der Waals surface area contributed by atoms with Gasteiger partial charge in [-0.2, -0.15) is 0 Å². The maximum Gasteiger partial charge on any atom is 0.407 e. The molecule has 4 amide bonds. The Hall–Kier alpha value is -7.16. The molecule has 10 rings (SSSR count). The van der Waals surface area contributed by atoms with Crippen LogP contribution in [0, 0.1) is 17.7 Å². The van der Waals surface area contributed by atoms with E-state index in [2.05, 4.69) is 30.6 Å². The minimum Gasteiger partial charge on any atom is -0.485 e. The highest BCUT2D eigenvalue weighted by molar-refractivity contribution is 7.10. The van der Waals surface area contributed by atoms with Crippen LogP contribution in [0.3, 0.4) is 0 Å². The van der Waals surface area contributed by atoms with E-state index in [1.165, 1.54) is 36.5 Å². The number of carbonyl (C=O) groups is 4. The van der Waals surface area contributed by atoms with E-state index in [-0.39, 0.29) is 36.3 Å². The molecule has 4 aliphatic rings. The highest BCUT2D eigenvalue weighted by Gasteiger charge is 2.43. The summed E-state index contributed by atoms with van der Waals surface area (Å²) in [6, 6.07) is 8.07. The summed E-state index contributed by atoms with van der Waals surface area (Å²) >= 11 is 1.42. The molecule has 0 aliphatic carbocycles. The molecule has 2 saturated heterocycles. The maximum absolute atomic E-state index is 17.0. The summed E-state index contributed by atoms with van der Waals surface area (Å²) in [4.78, 5) is 71.7. The lowest BCUT2D eigenvalue weighted by Crippen LogP contribution is -2.51. The molecule has 1 unspecified atom stereocenters. The first-order valence-electron chi connectivity index (χ1n) is 23.3. The van der Waals surface area contributed by atoms with Crippen LogP contribution in [0.1, 0.15) is 81.8 Å². The molecule has 21 heteroatoms. The number of hydrogen-bond donors (Lipinski definition) is 4. The van der Waals surface area contributed by atoms with Gasteiger partial charge < -0.3 is 54.1 Å². The van der Waals surface area contributed by atoms with Crippen molar-refractivity contribution in [2.75, 3.05) is 40.5 Å². The number of rotatable bonds is 11. The molecule has 0 radical (unpaired) electrons. The van der Waals surface area contributed by atoms with Gasteiger partial charge in [-0.3, -0.25) is 14.2 Å². The third-order valence-corrected chi connectivity index (χ3v) is 14.4. The number of ether oxygens (including phenoxy) is 5. The Morgan fingerprint density at radius 2 is 1.49 bits per heavy atom. The van der Waals surface area contributed by atoms with E-state index in [4.69, 9.17) is 23.7 Å². The summed E-state index contributed by atoms with van der Waals surface area (Å²) in [5.41, 5.74) is 3.92. The van der Waals surface area contributed by atoms with Crippen LogP contribution in [-0.4, -0.2) is 117 Å². The average Bonchev–Trinajstić information content (AvgIpc) is 4.22. The molecule has 4 N–H and O–H groups in total. The molecule has 0 bridgehead atoms. The molecule has 4 aromatic heterocycles. The smallest absolute Gasteiger partial charge is 0.407 e. The van der Waals surface area contributed by atoms with Crippen molar-refractivity contribution in [1.29, 1.82) is 0 Å². The Morgan fingerprint density at radius 1 is 0.829 bits per heavy atom. The lowest BCUT2D eigenvalue weighted by molar-refractivity contribution is -0.136. The lowest BCUT2D eigenvalue weighted by atomic mass is 10.0. The van der Waals surface area contributed by atoms with Gasteiger partial charge in [0.25, 0.3) is 0 Å². The summed E-state index contributed by atoms with van der Waals surface area (Å²) in [5.74, 6) is 0.680. The SMILES string of the molecule is COC(=O)N[C@H](C(=O)N1CCC[C@H]1c1ncc(-c2cc(F)c3c(c2)OC(c2scc4c2OCCO4)n2c-3cc3cc(-c4cnc([C@@H]5C[C@H](F)CN5C(=O)[C@@H](NC(=O)OC)C(C)C)[nH]4)ccc32)[nH]1)C(C)C. The summed E-state index contributed by atoms with van der Waals surface area (Å²) in [7, 11) is 2.47. The molecule has 2 aromatic carbocycles. The van der Waals surface area contributed by atoms with Crippen molar-refractivity contribution in [3.63, 3.8) is 0 Å². The second-order valence-corrected chi connectivity index (χ2v) is 19.5. The Morgan fingerprint density at radius 3 is 2.17 bits per heavy atom. The molecular formula is C49H53F2N9O9S. The van der Waals surface area contributed by atoms with Crippen LogP contribution >= 0.6 is 11.3 Å². The Kier molecular flexibility index (Phi) is 12.4. The lowest BCUT2D eigenvalue weighted by Gasteiger charge is -2.31. The summed E-state index contributed by atoms with van der Waals surface area (Å²) in [6.07, 6.45) is 1.13. The zero-order chi connectivity index (χ0) is 49.1. The van der Waals surface area contributed by atoms with E-state index in [0.717, 1.165) is 27.8 Å². The van der Waals surface area contributed by atoms with Gasteiger partial charge in [-0.1, -0.05) is 33.8 Å². The first-order valence-corrected chi connectivity index (χ1v) is 24.2. The van der Waals surface area contributed by atoms with Gasteiger partial charge in [-0.05, 0) is 55.0 Å². The number of nitrogens with zero attached hydrogens (tertiary/aromatic N) is 5. The highest BCUT2D eigenvalue weighted by Crippen LogP contribution is 2.52. The van der Waals surface area contributed by atoms with Gasteiger partial charge >= 0.3 is 12.2 Å². The number of methoxy groups -OCH3 is 2. The van der Waals surface area contributed by atoms with Gasteiger partial charge in [0.15, 0.2) is 11.5 Å². The van der Waals surface area contributed by atoms with Crippen LogP contribution < -0.4 is 24.8 Å². The standard InChI is InChI=1S/C49H53F2N9O9S/c1-23(2)39(56-48(63)65-5)45(61)58-11-7-8-33(58)43-52-20-31(55-43)26-15-29(51)38-34-16-27-14-25(9-10-32(27)60(34)47(69-36(38)17-26)42-41-37(22-70-42)67-12-13-68-41)30-19-53-44(54-30)35-18-28(50)21-59(35)46(62)40(24(3)4)57-49(64)66-6/h9-10,14-17,19-20,22-24,28,33,35,39-40,47H,7-8,11-13,18,21H2,1-6H3,(H,52,55)(H,53,54)(H,56,63)(H,57,64)/t28-,33-,35-,39-,40-,47?/m0/s1. The second-order valence-electron chi connectivity index (χ2n) is 18.6. The number of aromatic amines is 2. The molecule has 6 aromatic rings. The predicted octanol–water partition coefficient (Wildman–Crippen LogP) is 8.04. The fourth-order valence-corrected chi connectivity index (χ4v) is 10.9. The van der Waals surface area contributed by atoms with Crippen molar-refractivity contribution in [2.45, 2.75) is 83.5 Å². The number of thiophene rings is 1.